The summed E-state index contributed by atoms with van der Waals surface area (Å²) < 4.78 is 6.40. The van der Waals surface area contributed by atoms with Crippen molar-refractivity contribution >= 4 is 17.6 Å². The number of aromatic hydroxyl groups is 1. The molecule has 2 N–H and O–H groups in total. The second-order valence-corrected chi connectivity index (χ2v) is 10.5. The van der Waals surface area contributed by atoms with Crippen molar-refractivity contribution in [1.82, 2.24) is 0 Å². The monoisotopic (exact) mass is 434 g/mol. The highest BCUT2D eigenvalue weighted by molar-refractivity contribution is 6.33. The van der Waals surface area contributed by atoms with Gasteiger partial charge in [0.25, 0.3) is 0 Å². The Labute approximate surface area is 185 Å². The van der Waals surface area contributed by atoms with E-state index in [1.54, 1.807) is 6.08 Å². The van der Waals surface area contributed by atoms with Gasteiger partial charge in [-0.3, -0.25) is 0 Å². The standard InChI is InChI=1S/C25H35ClO4/c1-6-7-8-9-12-24(2,3)18-14-19-20(22(27)21(18)26)16-13-15(23(28)29)10-11-17(16)25(4,5)30-19/h10,14,16-17,27H,6-9,11-13H2,1-5H3,(H,28,29)/t16-,17-/m1/s1. The number of ether oxygens (including phenoxy) is 1. The van der Waals surface area contributed by atoms with Crippen LogP contribution in [0.25, 0.3) is 0 Å². The van der Waals surface area contributed by atoms with E-state index in [1.165, 1.54) is 19.3 Å². The smallest absolute Gasteiger partial charge is 0.331 e. The minimum Gasteiger partial charge on any atom is -0.506 e. The zero-order chi connectivity index (χ0) is 22.3. The number of unbranched alkanes of at least 4 members (excludes halogenated alkanes) is 3. The molecule has 1 aromatic carbocycles. The number of hydrogen-bond donors (Lipinski definition) is 2. The van der Waals surface area contributed by atoms with Crippen molar-refractivity contribution < 1.29 is 19.7 Å². The Kier molecular flexibility index (Phi) is 6.48. The number of carboxylic acid groups (broad SMARTS) is 1. The van der Waals surface area contributed by atoms with Gasteiger partial charge in [-0.25, -0.2) is 4.79 Å². The maximum atomic E-state index is 11.6. The molecule has 0 saturated heterocycles. The Morgan fingerprint density at radius 1 is 1.30 bits per heavy atom. The fourth-order valence-electron chi connectivity index (χ4n) is 5.20. The molecule has 0 amide bonds. The van der Waals surface area contributed by atoms with Gasteiger partial charge in [0.05, 0.1) is 5.02 Å². The second-order valence-electron chi connectivity index (χ2n) is 10.1. The molecule has 0 bridgehead atoms. The molecule has 1 aromatic rings. The minimum atomic E-state index is -0.894. The van der Waals surface area contributed by atoms with Crippen molar-refractivity contribution in [3.63, 3.8) is 0 Å². The van der Waals surface area contributed by atoms with Gasteiger partial charge in [-0.2, -0.15) is 0 Å². The summed E-state index contributed by atoms with van der Waals surface area (Å²) in [6, 6.07) is 1.99. The topological polar surface area (TPSA) is 66.8 Å². The van der Waals surface area contributed by atoms with Gasteiger partial charge < -0.3 is 14.9 Å². The third-order valence-electron chi connectivity index (χ3n) is 7.08. The SMILES string of the molecule is CCCCCCC(C)(C)c1cc2c(c(O)c1Cl)[C@@H]1CC(C(=O)O)=CC[C@H]1C(C)(C)O2. The van der Waals surface area contributed by atoms with E-state index in [9.17, 15) is 15.0 Å². The van der Waals surface area contributed by atoms with Crippen LogP contribution >= 0.6 is 11.6 Å². The van der Waals surface area contributed by atoms with Gasteiger partial charge >= 0.3 is 5.97 Å². The predicted molar refractivity (Wildman–Crippen MR) is 121 cm³/mol. The minimum absolute atomic E-state index is 0.0583. The molecule has 0 fully saturated rings. The van der Waals surface area contributed by atoms with Gasteiger partial charge in [0.2, 0.25) is 0 Å². The van der Waals surface area contributed by atoms with Crippen LogP contribution < -0.4 is 4.74 Å². The van der Waals surface area contributed by atoms with E-state index in [0.29, 0.717) is 34.8 Å². The Morgan fingerprint density at radius 2 is 2.00 bits per heavy atom. The normalized spacial score (nSPS) is 22.5. The lowest BCUT2D eigenvalue weighted by Crippen LogP contribution is -2.46. The lowest BCUT2D eigenvalue weighted by molar-refractivity contribution is -0.133. The van der Waals surface area contributed by atoms with Crippen molar-refractivity contribution in [2.24, 2.45) is 5.92 Å². The largest absolute Gasteiger partial charge is 0.506 e. The fourth-order valence-corrected chi connectivity index (χ4v) is 5.61. The van der Waals surface area contributed by atoms with Gasteiger partial charge in [0, 0.05) is 23.0 Å². The quantitative estimate of drug-likeness (QED) is 0.454. The first-order valence-electron chi connectivity index (χ1n) is 11.2. The zero-order valence-corrected chi connectivity index (χ0v) is 19.6. The maximum absolute atomic E-state index is 11.6. The van der Waals surface area contributed by atoms with E-state index in [-0.39, 0.29) is 23.0 Å². The summed E-state index contributed by atoms with van der Waals surface area (Å²) in [5.41, 5.74) is 1.31. The number of halogens is 1. The van der Waals surface area contributed by atoms with Crippen molar-refractivity contribution in [2.75, 3.05) is 0 Å². The lowest BCUT2D eigenvalue weighted by atomic mass is 9.66. The van der Waals surface area contributed by atoms with Crippen LogP contribution in [0.15, 0.2) is 17.7 Å². The molecule has 1 aliphatic heterocycles. The number of hydrogen-bond acceptors (Lipinski definition) is 3. The number of rotatable bonds is 7. The van der Waals surface area contributed by atoms with E-state index in [2.05, 4.69) is 34.6 Å². The summed E-state index contributed by atoms with van der Waals surface area (Å²) in [5.74, 6) is -0.230. The van der Waals surface area contributed by atoms with E-state index in [1.807, 2.05) is 6.07 Å². The molecule has 2 atom stereocenters. The van der Waals surface area contributed by atoms with Crippen LogP contribution in [0, 0.1) is 5.92 Å². The van der Waals surface area contributed by atoms with Crippen LogP contribution in [-0.4, -0.2) is 21.8 Å². The molecule has 4 nitrogen and oxygen atoms in total. The molecule has 2 aliphatic rings. The van der Waals surface area contributed by atoms with E-state index in [0.717, 1.165) is 18.4 Å². The van der Waals surface area contributed by atoms with Crippen LogP contribution in [-0.2, 0) is 10.2 Å². The van der Waals surface area contributed by atoms with Crippen LogP contribution in [0.3, 0.4) is 0 Å². The predicted octanol–water partition coefficient (Wildman–Crippen LogP) is 6.97. The molecule has 0 radical (unpaired) electrons. The Balaban J connectivity index is 2.02. The van der Waals surface area contributed by atoms with Gasteiger partial charge in [-0.05, 0) is 50.2 Å². The maximum Gasteiger partial charge on any atom is 0.331 e. The molecule has 166 valence electrons. The lowest BCUT2D eigenvalue weighted by Gasteiger charge is -2.47. The van der Waals surface area contributed by atoms with Crippen LogP contribution in [0.4, 0.5) is 0 Å². The number of fused-ring (bicyclic) bond motifs is 3. The number of benzene rings is 1. The van der Waals surface area contributed by atoms with Crippen LogP contribution in [0.2, 0.25) is 5.02 Å². The second kappa shape index (κ2) is 8.45. The molecule has 30 heavy (non-hydrogen) atoms. The molecular formula is C25H35ClO4. The Bertz CT molecular complexity index is 853. The molecule has 0 unspecified atom stereocenters. The summed E-state index contributed by atoms with van der Waals surface area (Å²) in [4.78, 5) is 11.6. The first-order valence-corrected chi connectivity index (χ1v) is 11.5. The molecule has 0 aromatic heterocycles. The zero-order valence-electron chi connectivity index (χ0n) is 18.8. The average Bonchev–Trinajstić information content (AvgIpc) is 2.67. The van der Waals surface area contributed by atoms with Crippen molar-refractivity contribution in [2.45, 2.75) is 96.5 Å². The first-order chi connectivity index (χ1) is 14.0. The first kappa shape index (κ1) is 23.0. The fraction of sp³-hybridized carbons (Fsp3) is 0.640. The molecular weight excluding hydrogens is 400 g/mol. The summed E-state index contributed by atoms with van der Waals surface area (Å²) in [6.45, 7) is 10.6. The molecule has 1 aliphatic carbocycles. The van der Waals surface area contributed by atoms with Gasteiger partial charge in [0.1, 0.15) is 17.1 Å². The highest BCUT2D eigenvalue weighted by atomic mass is 35.5. The van der Waals surface area contributed by atoms with Gasteiger partial charge in [-0.15, -0.1) is 0 Å². The van der Waals surface area contributed by atoms with Crippen molar-refractivity contribution in [3.05, 3.63) is 33.9 Å². The highest BCUT2D eigenvalue weighted by Gasteiger charge is 2.47. The third kappa shape index (κ3) is 4.21. The number of phenols is 1. The van der Waals surface area contributed by atoms with Gasteiger partial charge in [0.15, 0.2) is 0 Å². The van der Waals surface area contributed by atoms with Crippen molar-refractivity contribution in [3.8, 4) is 11.5 Å². The molecule has 3 rings (SSSR count). The average molecular weight is 435 g/mol. The highest BCUT2D eigenvalue weighted by Crippen LogP contribution is 2.57. The Hall–Kier alpha value is -1.68. The van der Waals surface area contributed by atoms with Crippen LogP contribution in [0.5, 0.6) is 11.5 Å². The molecule has 0 saturated carbocycles. The molecule has 0 spiro atoms. The van der Waals surface area contributed by atoms with E-state index < -0.39 is 11.6 Å². The summed E-state index contributed by atoms with van der Waals surface area (Å²) >= 11 is 6.72. The van der Waals surface area contributed by atoms with E-state index in [4.69, 9.17) is 16.3 Å². The number of allylic oxidation sites excluding steroid dienone is 1. The molecule has 1 heterocycles. The summed E-state index contributed by atoms with van der Waals surface area (Å²) in [7, 11) is 0. The Morgan fingerprint density at radius 3 is 2.63 bits per heavy atom. The number of phenolic OH excluding ortho intramolecular Hbond substituents is 1. The number of aliphatic carboxylic acids is 1. The van der Waals surface area contributed by atoms with Crippen molar-refractivity contribution in [1.29, 1.82) is 0 Å². The number of carboxylic acids is 1. The summed E-state index contributed by atoms with van der Waals surface area (Å²) in [6.07, 6.45) is 8.48. The third-order valence-corrected chi connectivity index (χ3v) is 7.46. The summed E-state index contributed by atoms with van der Waals surface area (Å²) in [5, 5.41) is 21.0. The van der Waals surface area contributed by atoms with Gasteiger partial charge in [-0.1, -0.05) is 64.1 Å². The number of carbonyl (C=O) groups is 1. The van der Waals surface area contributed by atoms with E-state index >= 15 is 0 Å². The van der Waals surface area contributed by atoms with Crippen LogP contribution in [0.1, 0.15) is 96.6 Å². The molecule has 5 heteroatoms.